The first-order valence-electron chi connectivity index (χ1n) is 9.67. The van der Waals surface area contributed by atoms with Crippen LogP contribution >= 0.6 is 0 Å². The van der Waals surface area contributed by atoms with Crippen molar-refractivity contribution in [2.75, 3.05) is 7.11 Å². The molecule has 1 atom stereocenters. The number of nitrogens with zero attached hydrogens (tertiary/aromatic N) is 3. The second kappa shape index (κ2) is 8.34. The summed E-state index contributed by atoms with van der Waals surface area (Å²) in [5, 5.41) is 7.35. The maximum atomic E-state index is 12.7. The number of fused-ring (bicyclic) bond motifs is 1. The second-order valence-corrected chi connectivity index (χ2v) is 7.15. The minimum absolute atomic E-state index is 0.0441. The molecule has 0 fully saturated rings. The zero-order valence-corrected chi connectivity index (χ0v) is 16.6. The summed E-state index contributed by atoms with van der Waals surface area (Å²) in [6.07, 6.45) is 6.02. The summed E-state index contributed by atoms with van der Waals surface area (Å²) >= 11 is 0. The van der Waals surface area contributed by atoms with Crippen molar-refractivity contribution in [1.29, 1.82) is 0 Å². The highest BCUT2D eigenvalue weighted by atomic mass is 16.5. The fourth-order valence-electron chi connectivity index (χ4n) is 3.62. The number of hydrogen-bond acceptors (Lipinski definition) is 5. The van der Waals surface area contributed by atoms with E-state index in [0.717, 1.165) is 30.5 Å². The molecular weight excluding hydrogens is 368 g/mol. The Hall–Kier alpha value is -3.35. The van der Waals surface area contributed by atoms with Crippen molar-refractivity contribution >= 4 is 5.91 Å². The zero-order chi connectivity index (χ0) is 20.2. The van der Waals surface area contributed by atoms with Gasteiger partial charge < -0.3 is 14.8 Å². The summed E-state index contributed by atoms with van der Waals surface area (Å²) in [5.74, 6) is 1.82. The SMILES string of the molecule is COc1cccc(Oc2ncccc2CNC(=O)C2CCc3cnn(C)c3C2)c1. The highest BCUT2D eigenvalue weighted by Crippen LogP contribution is 2.27. The third-order valence-electron chi connectivity index (χ3n) is 5.28. The summed E-state index contributed by atoms with van der Waals surface area (Å²) in [5.41, 5.74) is 3.22. The van der Waals surface area contributed by atoms with Crippen LogP contribution in [0.2, 0.25) is 0 Å². The van der Waals surface area contributed by atoms with E-state index >= 15 is 0 Å². The maximum Gasteiger partial charge on any atom is 0.224 e. The fraction of sp³-hybridized carbons (Fsp3) is 0.318. The summed E-state index contributed by atoms with van der Waals surface area (Å²) in [6, 6.07) is 11.1. The van der Waals surface area contributed by atoms with Crippen LogP contribution in [0.5, 0.6) is 17.4 Å². The molecule has 2 aromatic heterocycles. The normalized spacial score (nSPS) is 15.4. The minimum Gasteiger partial charge on any atom is -0.497 e. The first-order valence-corrected chi connectivity index (χ1v) is 9.67. The monoisotopic (exact) mass is 392 g/mol. The average molecular weight is 392 g/mol. The molecule has 1 unspecified atom stereocenters. The van der Waals surface area contributed by atoms with Crippen LogP contribution in [0, 0.1) is 5.92 Å². The van der Waals surface area contributed by atoms with Gasteiger partial charge in [0.25, 0.3) is 0 Å². The molecule has 0 aliphatic heterocycles. The molecule has 1 amide bonds. The Morgan fingerprint density at radius 3 is 3.00 bits per heavy atom. The van der Waals surface area contributed by atoms with Gasteiger partial charge in [-0.2, -0.15) is 5.10 Å². The zero-order valence-electron chi connectivity index (χ0n) is 16.6. The first kappa shape index (κ1) is 19.0. The summed E-state index contributed by atoms with van der Waals surface area (Å²) in [7, 11) is 3.54. The quantitative estimate of drug-likeness (QED) is 0.698. The Bertz CT molecular complexity index is 1010. The van der Waals surface area contributed by atoms with Gasteiger partial charge in [0.05, 0.1) is 13.3 Å². The van der Waals surface area contributed by atoms with Crippen molar-refractivity contribution in [1.82, 2.24) is 20.1 Å². The third-order valence-corrected chi connectivity index (χ3v) is 5.28. The standard InChI is InChI=1S/C22H24N4O3/c1-26-20-11-15(8-9-16(20)14-25-26)21(27)24-13-17-5-4-10-23-22(17)29-19-7-3-6-18(12-19)28-2/h3-7,10,12,14-15H,8-9,11,13H2,1-2H3,(H,24,27). The molecule has 29 heavy (non-hydrogen) atoms. The molecule has 7 heteroatoms. The van der Waals surface area contributed by atoms with Crippen molar-refractivity contribution in [2.24, 2.45) is 13.0 Å². The molecule has 0 spiro atoms. The molecule has 150 valence electrons. The molecule has 3 aromatic rings. The van der Waals surface area contributed by atoms with E-state index in [4.69, 9.17) is 9.47 Å². The van der Waals surface area contributed by atoms with Crippen molar-refractivity contribution in [3.05, 3.63) is 65.6 Å². The van der Waals surface area contributed by atoms with E-state index in [-0.39, 0.29) is 11.8 Å². The molecule has 0 radical (unpaired) electrons. The Balaban J connectivity index is 1.41. The number of nitrogens with one attached hydrogen (secondary N) is 1. The maximum absolute atomic E-state index is 12.7. The van der Waals surface area contributed by atoms with Gasteiger partial charge in [0, 0.05) is 49.5 Å². The number of carbonyl (C=O) groups is 1. The van der Waals surface area contributed by atoms with Crippen LogP contribution in [0.15, 0.2) is 48.8 Å². The van der Waals surface area contributed by atoms with Gasteiger partial charge >= 0.3 is 0 Å². The van der Waals surface area contributed by atoms with Gasteiger partial charge in [-0.15, -0.1) is 0 Å². The van der Waals surface area contributed by atoms with Crippen molar-refractivity contribution in [2.45, 2.75) is 25.8 Å². The third kappa shape index (κ3) is 4.23. The van der Waals surface area contributed by atoms with Gasteiger partial charge in [0.1, 0.15) is 11.5 Å². The molecule has 1 N–H and O–H groups in total. The molecular formula is C22H24N4O3. The number of benzene rings is 1. The molecule has 0 saturated heterocycles. The molecule has 1 aliphatic carbocycles. The molecule has 7 nitrogen and oxygen atoms in total. The predicted octanol–water partition coefficient (Wildman–Crippen LogP) is 3.04. The number of aryl methyl sites for hydroxylation is 2. The van der Waals surface area contributed by atoms with E-state index in [2.05, 4.69) is 15.4 Å². The van der Waals surface area contributed by atoms with Crippen LogP contribution < -0.4 is 14.8 Å². The molecule has 0 bridgehead atoms. The van der Waals surface area contributed by atoms with Gasteiger partial charge in [-0.1, -0.05) is 12.1 Å². The van der Waals surface area contributed by atoms with Crippen LogP contribution in [-0.2, 0) is 31.2 Å². The van der Waals surface area contributed by atoms with E-state index in [1.807, 2.05) is 48.3 Å². The second-order valence-electron chi connectivity index (χ2n) is 7.15. The lowest BCUT2D eigenvalue weighted by Gasteiger charge is -2.22. The number of aromatic nitrogens is 3. The minimum atomic E-state index is -0.0441. The Morgan fingerprint density at radius 2 is 2.14 bits per heavy atom. The van der Waals surface area contributed by atoms with Crippen LogP contribution in [0.4, 0.5) is 0 Å². The number of methoxy groups -OCH3 is 1. The molecule has 4 rings (SSSR count). The number of ether oxygens (including phenoxy) is 2. The number of carbonyl (C=O) groups excluding carboxylic acids is 1. The van der Waals surface area contributed by atoms with E-state index in [0.29, 0.717) is 23.9 Å². The Labute approximate surface area is 169 Å². The molecule has 1 aromatic carbocycles. The number of rotatable bonds is 6. The number of amides is 1. The van der Waals surface area contributed by atoms with E-state index in [9.17, 15) is 4.79 Å². The predicted molar refractivity (Wildman–Crippen MR) is 108 cm³/mol. The summed E-state index contributed by atoms with van der Waals surface area (Å²) in [6.45, 7) is 0.362. The molecule has 2 heterocycles. The van der Waals surface area contributed by atoms with Crippen molar-refractivity contribution in [3.8, 4) is 17.4 Å². The first-order chi connectivity index (χ1) is 14.1. The van der Waals surface area contributed by atoms with Gasteiger partial charge in [-0.25, -0.2) is 4.98 Å². The van der Waals surface area contributed by atoms with Crippen LogP contribution in [0.3, 0.4) is 0 Å². The lowest BCUT2D eigenvalue weighted by Crippen LogP contribution is -2.34. The smallest absolute Gasteiger partial charge is 0.224 e. The van der Waals surface area contributed by atoms with Gasteiger partial charge in [0.2, 0.25) is 11.8 Å². The van der Waals surface area contributed by atoms with Crippen LogP contribution in [0.25, 0.3) is 0 Å². The number of hydrogen-bond donors (Lipinski definition) is 1. The lowest BCUT2D eigenvalue weighted by atomic mass is 9.87. The Kier molecular flexibility index (Phi) is 5.46. The van der Waals surface area contributed by atoms with E-state index in [1.165, 1.54) is 5.56 Å². The highest BCUT2D eigenvalue weighted by Gasteiger charge is 2.27. The lowest BCUT2D eigenvalue weighted by molar-refractivity contribution is -0.125. The molecule has 0 saturated carbocycles. The van der Waals surface area contributed by atoms with E-state index in [1.54, 1.807) is 19.4 Å². The Morgan fingerprint density at radius 1 is 1.28 bits per heavy atom. The van der Waals surface area contributed by atoms with Crippen molar-refractivity contribution in [3.63, 3.8) is 0 Å². The largest absolute Gasteiger partial charge is 0.497 e. The van der Waals surface area contributed by atoms with E-state index < -0.39 is 0 Å². The van der Waals surface area contributed by atoms with Crippen LogP contribution in [0.1, 0.15) is 23.2 Å². The van der Waals surface area contributed by atoms with Crippen molar-refractivity contribution < 1.29 is 14.3 Å². The highest BCUT2D eigenvalue weighted by molar-refractivity contribution is 5.79. The van der Waals surface area contributed by atoms with Gasteiger partial charge in [-0.05, 0) is 36.6 Å². The summed E-state index contributed by atoms with van der Waals surface area (Å²) in [4.78, 5) is 17.1. The van der Waals surface area contributed by atoms with Gasteiger partial charge in [0.15, 0.2) is 0 Å². The topological polar surface area (TPSA) is 78.3 Å². The summed E-state index contributed by atoms with van der Waals surface area (Å²) < 4.78 is 13.0. The van der Waals surface area contributed by atoms with Gasteiger partial charge in [-0.3, -0.25) is 9.48 Å². The fourth-order valence-corrected chi connectivity index (χ4v) is 3.62. The van der Waals surface area contributed by atoms with Crippen LogP contribution in [-0.4, -0.2) is 27.8 Å². The average Bonchev–Trinajstić information content (AvgIpc) is 3.13. The number of pyridine rings is 1. The molecule has 1 aliphatic rings.